The number of ether oxygens (including phenoxy) is 1. The SMILES string of the molecule is CC(C)Oc1cc(N2NC3CCCCC3C2=O)c(F)cc1Cl. The summed E-state index contributed by atoms with van der Waals surface area (Å²) in [7, 11) is 0. The van der Waals surface area contributed by atoms with E-state index in [1.807, 2.05) is 13.8 Å². The maximum atomic E-state index is 14.3. The van der Waals surface area contributed by atoms with Gasteiger partial charge in [0.2, 0.25) is 5.91 Å². The topological polar surface area (TPSA) is 41.6 Å². The Labute approximate surface area is 134 Å². The van der Waals surface area contributed by atoms with Crippen molar-refractivity contribution in [2.45, 2.75) is 51.7 Å². The van der Waals surface area contributed by atoms with Gasteiger partial charge in [0.15, 0.2) is 0 Å². The molecule has 6 heteroatoms. The molecule has 4 nitrogen and oxygen atoms in total. The molecule has 2 aliphatic rings. The molecule has 0 bridgehead atoms. The minimum absolute atomic E-state index is 0.0571. The number of fused-ring (bicyclic) bond motifs is 1. The summed E-state index contributed by atoms with van der Waals surface area (Å²) in [6, 6.07) is 2.80. The Morgan fingerprint density at radius 1 is 1.36 bits per heavy atom. The highest BCUT2D eigenvalue weighted by molar-refractivity contribution is 6.32. The number of carbonyl (C=O) groups is 1. The van der Waals surface area contributed by atoms with E-state index < -0.39 is 5.82 Å². The summed E-state index contributed by atoms with van der Waals surface area (Å²) < 4.78 is 19.9. The lowest BCUT2D eigenvalue weighted by Gasteiger charge is -2.22. The molecular weight excluding hydrogens is 307 g/mol. The molecule has 3 rings (SSSR count). The number of hydrogen-bond donors (Lipinski definition) is 1. The molecule has 1 aromatic carbocycles. The molecule has 1 aliphatic carbocycles. The van der Waals surface area contributed by atoms with Gasteiger partial charge in [0.05, 0.1) is 17.0 Å². The van der Waals surface area contributed by atoms with E-state index in [2.05, 4.69) is 5.43 Å². The Kier molecular flexibility index (Phi) is 4.28. The minimum Gasteiger partial charge on any atom is -0.489 e. The lowest BCUT2D eigenvalue weighted by molar-refractivity contribution is -0.121. The third-order valence-electron chi connectivity index (χ3n) is 4.20. The maximum absolute atomic E-state index is 14.3. The van der Waals surface area contributed by atoms with Gasteiger partial charge in [-0.15, -0.1) is 0 Å². The van der Waals surface area contributed by atoms with Crippen molar-refractivity contribution in [1.29, 1.82) is 0 Å². The highest BCUT2D eigenvalue weighted by Crippen LogP contribution is 2.37. The molecule has 2 atom stereocenters. The van der Waals surface area contributed by atoms with Crippen molar-refractivity contribution in [2.24, 2.45) is 5.92 Å². The molecule has 1 saturated carbocycles. The average Bonchev–Trinajstić information content (AvgIpc) is 2.79. The van der Waals surface area contributed by atoms with E-state index in [9.17, 15) is 9.18 Å². The van der Waals surface area contributed by atoms with E-state index in [0.717, 1.165) is 25.7 Å². The summed E-state index contributed by atoms with van der Waals surface area (Å²) in [6.45, 7) is 3.74. The Morgan fingerprint density at radius 2 is 2.09 bits per heavy atom. The van der Waals surface area contributed by atoms with E-state index >= 15 is 0 Å². The fourth-order valence-electron chi connectivity index (χ4n) is 3.20. The zero-order valence-electron chi connectivity index (χ0n) is 12.7. The van der Waals surface area contributed by atoms with Crippen LogP contribution in [-0.2, 0) is 4.79 Å². The minimum atomic E-state index is -0.527. The van der Waals surface area contributed by atoms with Gasteiger partial charge in [0, 0.05) is 12.1 Å². The van der Waals surface area contributed by atoms with Crippen molar-refractivity contribution in [2.75, 3.05) is 5.01 Å². The molecule has 0 spiro atoms. The number of amides is 1. The van der Waals surface area contributed by atoms with Gasteiger partial charge in [-0.05, 0) is 32.8 Å². The van der Waals surface area contributed by atoms with Gasteiger partial charge in [-0.25, -0.2) is 14.8 Å². The second-order valence-electron chi connectivity index (χ2n) is 6.20. The summed E-state index contributed by atoms with van der Waals surface area (Å²) in [5.41, 5.74) is 3.32. The quantitative estimate of drug-likeness (QED) is 0.921. The van der Waals surface area contributed by atoms with Crippen molar-refractivity contribution in [1.82, 2.24) is 5.43 Å². The van der Waals surface area contributed by atoms with E-state index in [0.29, 0.717) is 5.75 Å². The monoisotopic (exact) mass is 326 g/mol. The molecule has 1 amide bonds. The predicted molar refractivity (Wildman–Crippen MR) is 83.5 cm³/mol. The maximum Gasteiger partial charge on any atom is 0.246 e. The van der Waals surface area contributed by atoms with Crippen LogP contribution in [0, 0.1) is 11.7 Å². The summed E-state index contributed by atoms with van der Waals surface area (Å²) in [5, 5.41) is 1.54. The second kappa shape index (κ2) is 6.05. The van der Waals surface area contributed by atoms with Crippen LogP contribution in [0.15, 0.2) is 12.1 Å². The number of hydrogen-bond acceptors (Lipinski definition) is 3. The first-order chi connectivity index (χ1) is 10.5. The van der Waals surface area contributed by atoms with Crippen molar-refractivity contribution in [3.63, 3.8) is 0 Å². The van der Waals surface area contributed by atoms with Crippen LogP contribution in [0.3, 0.4) is 0 Å². The third-order valence-corrected chi connectivity index (χ3v) is 4.50. The largest absolute Gasteiger partial charge is 0.489 e. The normalized spacial score (nSPS) is 24.8. The van der Waals surface area contributed by atoms with Gasteiger partial charge in [0.25, 0.3) is 0 Å². The fraction of sp³-hybridized carbons (Fsp3) is 0.562. The van der Waals surface area contributed by atoms with Gasteiger partial charge in [-0.2, -0.15) is 0 Å². The third kappa shape index (κ3) is 2.79. The zero-order valence-corrected chi connectivity index (χ0v) is 13.5. The number of nitrogens with zero attached hydrogens (tertiary/aromatic N) is 1. The Morgan fingerprint density at radius 3 is 2.77 bits per heavy atom. The predicted octanol–water partition coefficient (Wildman–Crippen LogP) is 3.68. The van der Waals surface area contributed by atoms with Gasteiger partial charge in [-0.1, -0.05) is 24.4 Å². The van der Waals surface area contributed by atoms with Crippen LogP contribution in [0.4, 0.5) is 10.1 Å². The lowest BCUT2D eigenvalue weighted by Crippen LogP contribution is -2.38. The number of nitrogens with one attached hydrogen (secondary N) is 1. The van der Waals surface area contributed by atoms with E-state index in [-0.39, 0.29) is 34.7 Å². The van der Waals surface area contributed by atoms with Crippen molar-refractivity contribution < 1.29 is 13.9 Å². The fourth-order valence-corrected chi connectivity index (χ4v) is 3.39. The standard InChI is InChI=1S/C16H20ClFN2O2/c1-9(2)22-15-8-14(12(18)7-11(15)17)20-16(21)10-5-3-4-6-13(10)19-20/h7-10,13,19H,3-6H2,1-2H3. The molecule has 0 aromatic heterocycles. The van der Waals surface area contributed by atoms with Crippen LogP contribution >= 0.6 is 11.6 Å². The van der Waals surface area contributed by atoms with Gasteiger partial charge in [0.1, 0.15) is 17.3 Å². The number of hydrazine groups is 1. The zero-order chi connectivity index (χ0) is 15.9. The van der Waals surface area contributed by atoms with Crippen LogP contribution < -0.4 is 15.2 Å². The summed E-state index contributed by atoms with van der Waals surface area (Å²) in [4.78, 5) is 12.5. The smallest absolute Gasteiger partial charge is 0.246 e. The van der Waals surface area contributed by atoms with Crippen molar-refractivity contribution in [3.8, 4) is 5.75 Å². The molecule has 1 saturated heterocycles. The number of benzene rings is 1. The first-order valence-electron chi connectivity index (χ1n) is 7.73. The van der Waals surface area contributed by atoms with Crippen LogP contribution in [0.1, 0.15) is 39.5 Å². The molecule has 0 radical (unpaired) electrons. The first kappa shape index (κ1) is 15.6. The van der Waals surface area contributed by atoms with Crippen molar-refractivity contribution >= 4 is 23.2 Å². The highest BCUT2D eigenvalue weighted by atomic mass is 35.5. The Hall–Kier alpha value is -1.33. The molecule has 1 heterocycles. The molecule has 22 heavy (non-hydrogen) atoms. The first-order valence-corrected chi connectivity index (χ1v) is 8.11. The number of halogens is 2. The van der Waals surface area contributed by atoms with Crippen LogP contribution in [0.25, 0.3) is 0 Å². The molecule has 2 unspecified atom stereocenters. The molecule has 1 aromatic rings. The van der Waals surface area contributed by atoms with Crippen LogP contribution in [-0.4, -0.2) is 18.1 Å². The summed E-state index contributed by atoms with van der Waals surface area (Å²) >= 11 is 6.02. The number of rotatable bonds is 3. The van der Waals surface area contributed by atoms with Crippen LogP contribution in [0.2, 0.25) is 5.02 Å². The molecule has 1 aliphatic heterocycles. The lowest BCUT2D eigenvalue weighted by atomic mass is 9.86. The number of anilines is 1. The van der Waals surface area contributed by atoms with E-state index in [1.165, 1.54) is 17.1 Å². The molecule has 1 N–H and O–H groups in total. The molecular formula is C16H20ClFN2O2. The molecule has 120 valence electrons. The Balaban J connectivity index is 1.92. The van der Waals surface area contributed by atoms with Gasteiger partial charge in [-0.3, -0.25) is 4.79 Å². The van der Waals surface area contributed by atoms with E-state index in [1.54, 1.807) is 0 Å². The summed E-state index contributed by atoms with van der Waals surface area (Å²) in [6.07, 6.45) is 3.86. The van der Waals surface area contributed by atoms with Gasteiger partial charge < -0.3 is 4.74 Å². The second-order valence-corrected chi connectivity index (χ2v) is 6.61. The Bertz CT molecular complexity index is 594. The van der Waals surface area contributed by atoms with Crippen LogP contribution in [0.5, 0.6) is 5.75 Å². The number of carbonyl (C=O) groups excluding carboxylic acids is 1. The summed E-state index contributed by atoms with van der Waals surface area (Å²) in [5.74, 6) is -0.266. The van der Waals surface area contributed by atoms with Gasteiger partial charge >= 0.3 is 0 Å². The highest BCUT2D eigenvalue weighted by Gasteiger charge is 2.42. The average molecular weight is 327 g/mol. The van der Waals surface area contributed by atoms with E-state index in [4.69, 9.17) is 16.3 Å². The van der Waals surface area contributed by atoms with Crippen molar-refractivity contribution in [3.05, 3.63) is 23.0 Å². The molecule has 2 fully saturated rings.